The van der Waals surface area contributed by atoms with Crippen molar-refractivity contribution >= 4 is 38.9 Å². The molecule has 1 aromatic heterocycles. The lowest BCUT2D eigenvalue weighted by Crippen LogP contribution is -2.11. The molecule has 0 unspecified atom stereocenters. The summed E-state index contributed by atoms with van der Waals surface area (Å²) < 4.78 is 6.26. The van der Waals surface area contributed by atoms with Crippen molar-refractivity contribution in [1.29, 1.82) is 0 Å². The molecule has 0 aliphatic carbocycles. The Morgan fingerprint density at radius 3 is 2.78 bits per heavy atom. The summed E-state index contributed by atoms with van der Waals surface area (Å²) in [7, 11) is 1.62. The Bertz CT molecular complexity index is 529. The first-order valence-corrected chi connectivity index (χ1v) is 7.50. The van der Waals surface area contributed by atoms with Crippen molar-refractivity contribution in [3.8, 4) is 5.75 Å². The first kappa shape index (κ1) is 13.9. The van der Waals surface area contributed by atoms with Gasteiger partial charge in [0, 0.05) is 27.8 Å². The van der Waals surface area contributed by atoms with Gasteiger partial charge in [0.25, 0.3) is 0 Å². The highest BCUT2D eigenvalue weighted by atomic mass is 79.9. The van der Waals surface area contributed by atoms with Crippen LogP contribution in [0.25, 0.3) is 0 Å². The molecule has 5 heteroatoms. The third-order valence-corrected chi connectivity index (χ3v) is 4.46. The van der Waals surface area contributed by atoms with Gasteiger partial charge in [-0.1, -0.05) is 17.7 Å². The van der Waals surface area contributed by atoms with Crippen molar-refractivity contribution in [3.05, 3.63) is 49.6 Å². The van der Waals surface area contributed by atoms with E-state index in [-0.39, 0.29) is 0 Å². The van der Waals surface area contributed by atoms with Gasteiger partial charge in [-0.15, -0.1) is 11.3 Å². The SMILES string of the molecule is COc1ccc(CNCc2cc(Br)cs2)cc1Cl. The lowest BCUT2D eigenvalue weighted by Gasteiger charge is -2.07. The van der Waals surface area contributed by atoms with Gasteiger partial charge in [0.2, 0.25) is 0 Å². The zero-order valence-corrected chi connectivity index (χ0v) is 13.0. The Kier molecular flexibility index (Phi) is 5.06. The molecule has 0 amide bonds. The van der Waals surface area contributed by atoms with Crippen LogP contribution in [0.1, 0.15) is 10.4 Å². The first-order valence-electron chi connectivity index (χ1n) is 5.45. The molecule has 18 heavy (non-hydrogen) atoms. The third-order valence-electron chi connectivity index (χ3n) is 2.47. The Morgan fingerprint density at radius 1 is 1.33 bits per heavy atom. The molecule has 0 fully saturated rings. The minimum Gasteiger partial charge on any atom is -0.495 e. The number of rotatable bonds is 5. The number of benzene rings is 1. The summed E-state index contributed by atoms with van der Waals surface area (Å²) in [5.41, 5.74) is 1.15. The van der Waals surface area contributed by atoms with Gasteiger partial charge in [-0.2, -0.15) is 0 Å². The summed E-state index contributed by atoms with van der Waals surface area (Å²) in [6.07, 6.45) is 0. The molecule has 0 aliphatic rings. The van der Waals surface area contributed by atoms with E-state index in [0.29, 0.717) is 10.8 Å². The fourth-order valence-electron chi connectivity index (χ4n) is 1.60. The highest BCUT2D eigenvalue weighted by Gasteiger charge is 2.02. The van der Waals surface area contributed by atoms with Crippen LogP contribution in [0.5, 0.6) is 5.75 Å². The van der Waals surface area contributed by atoms with Crippen LogP contribution in [0.15, 0.2) is 34.1 Å². The normalized spacial score (nSPS) is 10.6. The van der Waals surface area contributed by atoms with E-state index in [1.807, 2.05) is 18.2 Å². The average Bonchev–Trinajstić information content (AvgIpc) is 2.75. The molecule has 0 atom stereocenters. The van der Waals surface area contributed by atoms with Crippen molar-refractivity contribution in [2.75, 3.05) is 7.11 Å². The predicted octanol–water partition coefficient (Wildman–Crippen LogP) is 4.46. The van der Waals surface area contributed by atoms with Crippen LogP contribution in [-0.4, -0.2) is 7.11 Å². The van der Waals surface area contributed by atoms with Crippen molar-refractivity contribution in [2.45, 2.75) is 13.1 Å². The molecular formula is C13H13BrClNOS. The molecule has 0 spiro atoms. The minimum absolute atomic E-state index is 0.649. The van der Waals surface area contributed by atoms with Gasteiger partial charge < -0.3 is 10.1 Å². The van der Waals surface area contributed by atoms with Gasteiger partial charge >= 0.3 is 0 Å². The molecule has 1 heterocycles. The first-order chi connectivity index (χ1) is 8.69. The minimum atomic E-state index is 0.649. The molecule has 0 saturated carbocycles. The maximum Gasteiger partial charge on any atom is 0.137 e. The van der Waals surface area contributed by atoms with Gasteiger partial charge in [-0.25, -0.2) is 0 Å². The summed E-state index contributed by atoms with van der Waals surface area (Å²) in [5, 5.41) is 6.12. The monoisotopic (exact) mass is 345 g/mol. The maximum absolute atomic E-state index is 6.07. The lowest BCUT2D eigenvalue weighted by atomic mass is 10.2. The largest absolute Gasteiger partial charge is 0.495 e. The maximum atomic E-state index is 6.07. The van der Waals surface area contributed by atoms with Crippen LogP contribution in [0, 0.1) is 0 Å². The number of methoxy groups -OCH3 is 1. The zero-order chi connectivity index (χ0) is 13.0. The van der Waals surface area contributed by atoms with E-state index in [4.69, 9.17) is 16.3 Å². The average molecular weight is 347 g/mol. The number of halogens is 2. The van der Waals surface area contributed by atoms with Crippen LogP contribution in [-0.2, 0) is 13.1 Å². The summed E-state index contributed by atoms with van der Waals surface area (Å²) in [6, 6.07) is 7.96. The van der Waals surface area contributed by atoms with Crippen molar-refractivity contribution in [1.82, 2.24) is 5.32 Å². The molecule has 2 rings (SSSR count). The molecule has 0 radical (unpaired) electrons. The second-order valence-electron chi connectivity index (χ2n) is 3.80. The Morgan fingerprint density at radius 2 is 2.17 bits per heavy atom. The van der Waals surface area contributed by atoms with Crippen LogP contribution in [0.3, 0.4) is 0 Å². The van der Waals surface area contributed by atoms with Gasteiger partial charge in [0.05, 0.1) is 12.1 Å². The molecule has 2 nitrogen and oxygen atoms in total. The van der Waals surface area contributed by atoms with Crippen LogP contribution >= 0.6 is 38.9 Å². The molecular weight excluding hydrogens is 334 g/mol. The van der Waals surface area contributed by atoms with E-state index in [2.05, 4.69) is 32.7 Å². The molecule has 1 aromatic carbocycles. The zero-order valence-electron chi connectivity index (χ0n) is 9.87. The summed E-state index contributed by atoms with van der Waals surface area (Å²) in [5.74, 6) is 0.711. The molecule has 0 saturated heterocycles. The van der Waals surface area contributed by atoms with Crippen LogP contribution in [0.2, 0.25) is 5.02 Å². The van der Waals surface area contributed by atoms with Crippen LogP contribution < -0.4 is 10.1 Å². The van der Waals surface area contributed by atoms with E-state index in [1.165, 1.54) is 4.88 Å². The highest BCUT2D eigenvalue weighted by molar-refractivity contribution is 9.10. The number of thiophene rings is 1. The summed E-state index contributed by atoms with van der Waals surface area (Å²) >= 11 is 11.3. The summed E-state index contributed by atoms with van der Waals surface area (Å²) in [4.78, 5) is 1.31. The standard InChI is InChI=1S/C13H13BrClNOS/c1-17-13-3-2-9(4-12(13)15)6-16-7-11-5-10(14)8-18-11/h2-5,8,16H,6-7H2,1H3. The fourth-order valence-corrected chi connectivity index (χ4v) is 3.30. The third kappa shape index (κ3) is 3.72. The van der Waals surface area contributed by atoms with Crippen molar-refractivity contribution in [2.24, 2.45) is 0 Å². The number of ether oxygens (including phenoxy) is 1. The van der Waals surface area contributed by atoms with E-state index < -0.39 is 0 Å². The van der Waals surface area contributed by atoms with Gasteiger partial charge in [0.1, 0.15) is 5.75 Å². The Balaban J connectivity index is 1.88. The fraction of sp³-hybridized carbons (Fsp3) is 0.231. The van der Waals surface area contributed by atoms with Gasteiger partial charge in [-0.3, -0.25) is 0 Å². The highest BCUT2D eigenvalue weighted by Crippen LogP contribution is 2.25. The lowest BCUT2D eigenvalue weighted by molar-refractivity contribution is 0.415. The molecule has 1 N–H and O–H groups in total. The number of hydrogen-bond donors (Lipinski definition) is 1. The number of nitrogens with one attached hydrogen (secondary N) is 1. The summed E-state index contributed by atoms with van der Waals surface area (Å²) in [6.45, 7) is 1.65. The quantitative estimate of drug-likeness (QED) is 0.863. The van der Waals surface area contributed by atoms with Crippen molar-refractivity contribution < 1.29 is 4.74 Å². The Labute approximate surface area is 124 Å². The second-order valence-corrected chi connectivity index (χ2v) is 6.12. The van der Waals surface area contributed by atoms with Crippen LogP contribution in [0.4, 0.5) is 0 Å². The van der Waals surface area contributed by atoms with E-state index in [1.54, 1.807) is 18.4 Å². The van der Waals surface area contributed by atoms with E-state index in [0.717, 1.165) is 23.1 Å². The molecule has 0 aliphatic heterocycles. The predicted molar refractivity (Wildman–Crippen MR) is 80.6 cm³/mol. The van der Waals surface area contributed by atoms with Gasteiger partial charge in [0.15, 0.2) is 0 Å². The smallest absolute Gasteiger partial charge is 0.137 e. The molecule has 96 valence electrons. The molecule has 0 bridgehead atoms. The Hall–Kier alpha value is -0.550. The van der Waals surface area contributed by atoms with E-state index in [9.17, 15) is 0 Å². The second kappa shape index (κ2) is 6.57. The van der Waals surface area contributed by atoms with Gasteiger partial charge in [-0.05, 0) is 39.7 Å². The molecule has 2 aromatic rings. The number of hydrogen-bond acceptors (Lipinski definition) is 3. The van der Waals surface area contributed by atoms with E-state index >= 15 is 0 Å². The topological polar surface area (TPSA) is 21.3 Å². The van der Waals surface area contributed by atoms with Crippen molar-refractivity contribution in [3.63, 3.8) is 0 Å².